The Labute approximate surface area is 148 Å². The van der Waals surface area contributed by atoms with Crippen LogP contribution in [0, 0.1) is 11.8 Å². The molecule has 130 valence electrons. The van der Waals surface area contributed by atoms with E-state index in [0.717, 1.165) is 5.56 Å². The first kappa shape index (κ1) is 18.2. The summed E-state index contributed by atoms with van der Waals surface area (Å²) in [6.07, 6.45) is 0. The van der Waals surface area contributed by atoms with Gasteiger partial charge in [0.25, 0.3) is 0 Å². The van der Waals surface area contributed by atoms with E-state index in [1.54, 1.807) is 32.2 Å². The first-order chi connectivity index (χ1) is 12.1. The number of hydrogen-bond acceptors (Lipinski definition) is 3. The van der Waals surface area contributed by atoms with Gasteiger partial charge < -0.3 is 20.1 Å². The van der Waals surface area contributed by atoms with Crippen molar-refractivity contribution < 1.29 is 14.3 Å². The summed E-state index contributed by atoms with van der Waals surface area (Å²) in [4.78, 5) is 12.2. The van der Waals surface area contributed by atoms with Crippen LogP contribution in [0.3, 0.4) is 0 Å². The maximum absolute atomic E-state index is 12.2. The van der Waals surface area contributed by atoms with E-state index in [4.69, 9.17) is 9.47 Å². The summed E-state index contributed by atoms with van der Waals surface area (Å²) in [5.41, 5.74) is 1.65. The molecule has 0 fully saturated rings. The molecule has 2 N–H and O–H groups in total. The molecular formula is C20H22N2O3. The molecule has 0 unspecified atom stereocenters. The molecule has 5 heteroatoms. The molecule has 0 spiro atoms. The highest BCUT2D eigenvalue weighted by molar-refractivity contribution is 5.89. The minimum atomic E-state index is -0.291. The largest absolute Gasteiger partial charge is 0.493 e. The van der Waals surface area contributed by atoms with Crippen LogP contribution in [0.25, 0.3) is 0 Å². The van der Waals surface area contributed by atoms with E-state index in [1.165, 1.54) is 0 Å². The van der Waals surface area contributed by atoms with Crippen LogP contribution in [-0.2, 0) is 0 Å². The second kappa shape index (κ2) is 9.24. The zero-order valence-electron chi connectivity index (χ0n) is 14.6. The van der Waals surface area contributed by atoms with Crippen LogP contribution >= 0.6 is 0 Å². The van der Waals surface area contributed by atoms with E-state index in [-0.39, 0.29) is 18.7 Å². The third-order valence-electron chi connectivity index (χ3n) is 3.55. The monoisotopic (exact) mass is 338 g/mol. The van der Waals surface area contributed by atoms with Gasteiger partial charge in [0.15, 0.2) is 11.5 Å². The minimum Gasteiger partial charge on any atom is -0.493 e. The van der Waals surface area contributed by atoms with Crippen molar-refractivity contribution in [1.82, 2.24) is 5.32 Å². The number of amides is 2. The van der Waals surface area contributed by atoms with Crippen molar-refractivity contribution >= 4 is 11.7 Å². The summed E-state index contributed by atoms with van der Waals surface area (Å²) in [5.74, 6) is 6.70. The SMILES string of the molecule is CC#CCOc1cc(NC(=O)N[C@@H](C)c2ccccc2)ccc1OC. The van der Waals surface area contributed by atoms with Crippen molar-refractivity contribution in [2.75, 3.05) is 19.0 Å². The number of carbonyl (C=O) groups excluding carboxylic acids is 1. The summed E-state index contributed by atoms with van der Waals surface area (Å²) in [6, 6.07) is 14.6. The van der Waals surface area contributed by atoms with Crippen LogP contribution in [0.15, 0.2) is 48.5 Å². The van der Waals surface area contributed by atoms with Crippen molar-refractivity contribution in [3.8, 4) is 23.3 Å². The highest BCUT2D eigenvalue weighted by Gasteiger charge is 2.11. The maximum atomic E-state index is 12.2. The third kappa shape index (κ3) is 5.47. The molecule has 0 saturated heterocycles. The molecule has 1 atom stereocenters. The summed E-state index contributed by atoms with van der Waals surface area (Å²) in [7, 11) is 1.56. The lowest BCUT2D eigenvalue weighted by Gasteiger charge is -2.16. The van der Waals surface area contributed by atoms with Gasteiger partial charge in [-0.1, -0.05) is 36.3 Å². The van der Waals surface area contributed by atoms with E-state index >= 15 is 0 Å². The molecule has 0 heterocycles. The van der Waals surface area contributed by atoms with E-state index in [9.17, 15) is 4.79 Å². The molecule has 0 aromatic heterocycles. The Kier molecular flexibility index (Phi) is 6.73. The van der Waals surface area contributed by atoms with Crippen LogP contribution in [0.2, 0.25) is 0 Å². The van der Waals surface area contributed by atoms with Gasteiger partial charge in [0.05, 0.1) is 13.2 Å². The molecule has 0 bridgehead atoms. The predicted octanol–water partition coefficient (Wildman–Crippen LogP) is 3.98. The topological polar surface area (TPSA) is 59.6 Å². The third-order valence-corrected chi connectivity index (χ3v) is 3.55. The molecule has 5 nitrogen and oxygen atoms in total. The fourth-order valence-corrected chi connectivity index (χ4v) is 2.24. The van der Waals surface area contributed by atoms with Gasteiger partial charge in [-0.3, -0.25) is 0 Å². The standard InChI is InChI=1S/C20H22N2O3/c1-4-5-13-25-19-14-17(11-12-18(19)24-3)22-20(23)21-15(2)16-9-7-6-8-10-16/h6-12,14-15H,13H2,1-3H3,(H2,21,22,23)/t15-/m0/s1. The Balaban J connectivity index is 2.02. The van der Waals surface area contributed by atoms with Crippen molar-refractivity contribution in [2.24, 2.45) is 0 Å². The van der Waals surface area contributed by atoms with Crippen LogP contribution in [-0.4, -0.2) is 19.7 Å². The smallest absolute Gasteiger partial charge is 0.319 e. The van der Waals surface area contributed by atoms with Gasteiger partial charge in [0, 0.05) is 11.8 Å². The molecule has 2 rings (SSSR count). The molecule has 0 saturated carbocycles. The van der Waals surface area contributed by atoms with Gasteiger partial charge >= 0.3 is 6.03 Å². The number of ether oxygens (including phenoxy) is 2. The van der Waals surface area contributed by atoms with Gasteiger partial charge in [-0.25, -0.2) is 4.79 Å². The number of methoxy groups -OCH3 is 1. The van der Waals surface area contributed by atoms with E-state index < -0.39 is 0 Å². The van der Waals surface area contributed by atoms with Crippen molar-refractivity contribution in [3.63, 3.8) is 0 Å². The molecule has 0 aliphatic heterocycles. The summed E-state index contributed by atoms with van der Waals surface area (Å²) in [6.45, 7) is 3.94. The fraction of sp³-hybridized carbons (Fsp3) is 0.250. The molecule has 25 heavy (non-hydrogen) atoms. The summed E-state index contributed by atoms with van der Waals surface area (Å²) >= 11 is 0. The predicted molar refractivity (Wildman–Crippen MR) is 99.0 cm³/mol. The van der Waals surface area contributed by atoms with Crippen LogP contribution in [0.4, 0.5) is 10.5 Å². The van der Waals surface area contributed by atoms with Crippen LogP contribution in [0.1, 0.15) is 25.5 Å². The Morgan fingerprint density at radius 2 is 1.92 bits per heavy atom. The number of hydrogen-bond donors (Lipinski definition) is 2. The van der Waals surface area contributed by atoms with Crippen molar-refractivity contribution in [1.29, 1.82) is 0 Å². The van der Waals surface area contributed by atoms with E-state index in [2.05, 4.69) is 22.5 Å². The second-order valence-electron chi connectivity index (χ2n) is 5.31. The van der Waals surface area contributed by atoms with Gasteiger partial charge in [0.1, 0.15) is 6.61 Å². The van der Waals surface area contributed by atoms with Gasteiger partial charge in [-0.15, -0.1) is 5.92 Å². The average molecular weight is 338 g/mol. The molecule has 0 aliphatic carbocycles. The Hall–Kier alpha value is -3.13. The first-order valence-corrected chi connectivity index (χ1v) is 7.97. The van der Waals surface area contributed by atoms with Gasteiger partial charge in [-0.05, 0) is 31.5 Å². The fourth-order valence-electron chi connectivity index (χ4n) is 2.24. The number of benzene rings is 2. The lowest BCUT2D eigenvalue weighted by atomic mass is 10.1. The Morgan fingerprint density at radius 3 is 2.60 bits per heavy atom. The lowest BCUT2D eigenvalue weighted by molar-refractivity contribution is 0.249. The Bertz CT molecular complexity index is 764. The molecule has 2 aromatic carbocycles. The zero-order chi connectivity index (χ0) is 18.1. The van der Waals surface area contributed by atoms with Crippen molar-refractivity contribution in [2.45, 2.75) is 19.9 Å². The van der Waals surface area contributed by atoms with Crippen molar-refractivity contribution in [3.05, 3.63) is 54.1 Å². The normalized spacial score (nSPS) is 10.8. The number of carbonyl (C=O) groups is 1. The number of urea groups is 1. The molecule has 0 aliphatic rings. The molecule has 2 aromatic rings. The van der Waals surface area contributed by atoms with E-state index in [1.807, 2.05) is 37.3 Å². The molecule has 2 amide bonds. The minimum absolute atomic E-state index is 0.102. The number of rotatable bonds is 6. The van der Waals surface area contributed by atoms with Gasteiger partial charge in [-0.2, -0.15) is 0 Å². The lowest BCUT2D eigenvalue weighted by Crippen LogP contribution is -2.31. The summed E-state index contributed by atoms with van der Waals surface area (Å²) in [5, 5.41) is 5.70. The Morgan fingerprint density at radius 1 is 1.16 bits per heavy atom. The van der Waals surface area contributed by atoms with Gasteiger partial charge in [0.2, 0.25) is 0 Å². The zero-order valence-corrected chi connectivity index (χ0v) is 14.6. The highest BCUT2D eigenvalue weighted by Crippen LogP contribution is 2.30. The molecular weight excluding hydrogens is 316 g/mol. The number of nitrogens with one attached hydrogen (secondary N) is 2. The maximum Gasteiger partial charge on any atom is 0.319 e. The highest BCUT2D eigenvalue weighted by atomic mass is 16.5. The van der Waals surface area contributed by atoms with E-state index in [0.29, 0.717) is 17.2 Å². The first-order valence-electron chi connectivity index (χ1n) is 7.97. The summed E-state index contributed by atoms with van der Waals surface area (Å²) < 4.78 is 10.8. The number of anilines is 1. The van der Waals surface area contributed by atoms with Crippen LogP contribution in [0.5, 0.6) is 11.5 Å². The average Bonchev–Trinajstić information content (AvgIpc) is 2.63. The quantitative estimate of drug-likeness (QED) is 0.783. The second-order valence-corrected chi connectivity index (χ2v) is 5.31. The molecule has 0 radical (unpaired) electrons. The van der Waals surface area contributed by atoms with Crippen LogP contribution < -0.4 is 20.1 Å².